The number of carbonyl (C=O) groups excluding carboxylic acids is 3. The van der Waals surface area contributed by atoms with E-state index >= 15 is 0 Å². The summed E-state index contributed by atoms with van der Waals surface area (Å²) in [7, 11) is 0. The summed E-state index contributed by atoms with van der Waals surface area (Å²) in [6, 6.07) is 9.65. The molecule has 0 atom stereocenters. The van der Waals surface area contributed by atoms with Crippen LogP contribution in [0.2, 0.25) is 0 Å². The van der Waals surface area contributed by atoms with Crippen molar-refractivity contribution < 1.29 is 19.1 Å². The van der Waals surface area contributed by atoms with E-state index < -0.39 is 0 Å². The first-order chi connectivity index (χ1) is 15.0. The maximum absolute atomic E-state index is 13.0. The van der Waals surface area contributed by atoms with Crippen molar-refractivity contribution in [3.8, 4) is 0 Å². The Morgan fingerprint density at radius 3 is 2.87 bits per heavy atom. The molecule has 0 saturated heterocycles. The number of carbonyl (C=O) groups is 3. The maximum Gasteiger partial charge on any atom is 0.306 e. The van der Waals surface area contributed by atoms with Crippen molar-refractivity contribution in [1.29, 1.82) is 0 Å². The standard InChI is InChI=1S/C22H25N5O4/c1-2-31-21(29)8-7-20(28)23-12-19-15-13-27(10-9-17(15)25-26-19)22(30)18-11-14-5-3-4-6-16(14)24-18/h3-6,11,24H,2,7-10,12-13H2,1H3,(H,23,28)(H,25,26). The smallest absolute Gasteiger partial charge is 0.306 e. The number of nitrogens with one attached hydrogen (secondary N) is 3. The zero-order valence-electron chi connectivity index (χ0n) is 17.4. The summed E-state index contributed by atoms with van der Waals surface area (Å²) < 4.78 is 4.83. The van der Waals surface area contributed by atoms with Gasteiger partial charge in [-0.2, -0.15) is 5.10 Å². The number of esters is 1. The van der Waals surface area contributed by atoms with E-state index in [4.69, 9.17) is 4.74 Å². The fraction of sp³-hybridized carbons (Fsp3) is 0.364. The summed E-state index contributed by atoms with van der Waals surface area (Å²) in [4.78, 5) is 41.4. The van der Waals surface area contributed by atoms with Gasteiger partial charge in [0.05, 0.1) is 25.3 Å². The van der Waals surface area contributed by atoms with Crippen LogP contribution in [0.3, 0.4) is 0 Å². The van der Waals surface area contributed by atoms with Crippen molar-refractivity contribution in [1.82, 2.24) is 25.4 Å². The Balaban J connectivity index is 1.38. The Bertz CT molecular complexity index is 1080. The van der Waals surface area contributed by atoms with Gasteiger partial charge in [0, 0.05) is 48.1 Å². The topological polar surface area (TPSA) is 120 Å². The quantitative estimate of drug-likeness (QED) is 0.503. The number of rotatable bonds is 7. The molecule has 9 nitrogen and oxygen atoms in total. The average molecular weight is 423 g/mol. The number of nitrogens with zero attached hydrogens (tertiary/aromatic N) is 2. The number of hydrogen-bond donors (Lipinski definition) is 3. The van der Waals surface area contributed by atoms with E-state index in [1.807, 2.05) is 30.3 Å². The Labute approximate surface area is 179 Å². The zero-order valence-corrected chi connectivity index (χ0v) is 17.4. The molecule has 31 heavy (non-hydrogen) atoms. The lowest BCUT2D eigenvalue weighted by Crippen LogP contribution is -2.36. The van der Waals surface area contributed by atoms with Gasteiger partial charge in [-0.05, 0) is 19.1 Å². The Morgan fingerprint density at radius 1 is 1.23 bits per heavy atom. The van der Waals surface area contributed by atoms with E-state index in [1.54, 1.807) is 11.8 Å². The Kier molecular flexibility index (Phi) is 6.01. The molecule has 2 aromatic heterocycles. The van der Waals surface area contributed by atoms with Crippen LogP contribution in [0.5, 0.6) is 0 Å². The van der Waals surface area contributed by atoms with Crippen molar-refractivity contribution in [2.24, 2.45) is 0 Å². The molecular weight excluding hydrogens is 398 g/mol. The number of ether oxygens (including phenoxy) is 1. The fourth-order valence-electron chi connectivity index (χ4n) is 3.75. The van der Waals surface area contributed by atoms with Gasteiger partial charge in [0.25, 0.3) is 5.91 Å². The normalized spacial score (nSPS) is 13.1. The molecule has 3 heterocycles. The van der Waals surface area contributed by atoms with Crippen LogP contribution in [0.15, 0.2) is 30.3 Å². The second-order valence-electron chi connectivity index (χ2n) is 7.46. The van der Waals surface area contributed by atoms with Crippen molar-refractivity contribution in [3.63, 3.8) is 0 Å². The predicted octanol–water partition coefficient (Wildman–Crippen LogP) is 2.05. The van der Waals surface area contributed by atoms with E-state index in [2.05, 4.69) is 20.5 Å². The third-order valence-electron chi connectivity index (χ3n) is 5.38. The van der Waals surface area contributed by atoms with Crippen LogP contribution in [0.25, 0.3) is 10.9 Å². The van der Waals surface area contributed by atoms with Gasteiger partial charge in [0.2, 0.25) is 5.91 Å². The molecule has 0 saturated carbocycles. The molecule has 9 heteroatoms. The summed E-state index contributed by atoms with van der Waals surface area (Å²) in [6.07, 6.45) is 0.784. The van der Waals surface area contributed by atoms with Gasteiger partial charge < -0.3 is 19.9 Å². The highest BCUT2D eigenvalue weighted by Gasteiger charge is 2.26. The average Bonchev–Trinajstić information content (AvgIpc) is 3.39. The van der Waals surface area contributed by atoms with Crippen molar-refractivity contribution in [2.45, 2.75) is 39.3 Å². The van der Waals surface area contributed by atoms with E-state index in [0.717, 1.165) is 22.2 Å². The van der Waals surface area contributed by atoms with Crippen LogP contribution in [-0.4, -0.2) is 51.0 Å². The number of fused-ring (bicyclic) bond motifs is 2. The molecule has 3 N–H and O–H groups in total. The van der Waals surface area contributed by atoms with Crippen LogP contribution < -0.4 is 5.32 Å². The highest BCUT2D eigenvalue weighted by molar-refractivity contribution is 5.98. The second-order valence-corrected chi connectivity index (χ2v) is 7.46. The first-order valence-corrected chi connectivity index (χ1v) is 10.4. The van der Waals surface area contributed by atoms with Gasteiger partial charge in [-0.15, -0.1) is 0 Å². The molecule has 3 aromatic rings. The summed E-state index contributed by atoms with van der Waals surface area (Å²) in [5.41, 5.74) is 4.10. The largest absolute Gasteiger partial charge is 0.466 e. The molecule has 2 amide bonds. The third kappa shape index (κ3) is 4.60. The highest BCUT2D eigenvalue weighted by Crippen LogP contribution is 2.23. The molecule has 0 fully saturated rings. The van der Waals surface area contributed by atoms with Crippen molar-refractivity contribution in [2.75, 3.05) is 13.2 Å². The molecule has 0 bridgehead atoms. The number of benzene rings is 1. The molecular formula is C22H25N5O4. The highest BCUT2D eigenvalue weighted by atomic mass is 16.5. The van der Waals surface area contributed by atoms with Gasteiger partial charge in [-0.25, -0.2) is 0 Å². The molecule has 0 aliphatic carbocycles. The van der Waals surface area contributed by atoms with Crippen LogP contribution in [-0.2, 0) is 33.8 Å². The molecule has 4 rings (SSSR count). The SMILES string of the molecule is CCOC(=O)CCC(=O)NCc1n[nH]c2c1CN(C(=O)c1cc3ccccc3[nH]1)CC2. The third-order valence-corrected chi connectivity index (χ3v) is 5.38. The second kappa shape index (κ2) is 9.03. The molecule has 0 unspecified atom stereocenters. The minimum absolute atomic E-state index is 0.0468. The number of hydrogen-bond acceptors (Lipinski definition) is 5. The van der Waals surface area contributed by atoms with E-state index in [-0.39, 0.29) is 37.2 Å². The molecule has 1 aromatic carbocycles. The first-order valence-electron chi connectivity index (χ1n) is 10.4. The number of aromatic amines is 2. The van der Waals surface area contributed by atoms with Gasteiger partial charge in [-0.3, -0.25) is 19.5 Å². The monoisotopic (exact) mass is 423 g/mol. The van der Waals surface area contributed by atoms with Gasteiger partial charge >= 0.3 is 5.97 Å². The molecule has 162 valence electrons. The Hall–Kier alpha value is -3.62. The summed E-state index contributed by atoms with van der Waals surface area (Å²) in [5, 5.41) is 11.1. The lowest BCUT2D eigenvalue weighted by Gasteiger charge is -2.26. The number of H-pyrrole nitrogens is 2. The lowest BCUT2D eigenvalue weighted by atomic mass is 10.0. The minimum Gasteiger partial charge on any atom is -0.466 e. The van der Waals surface area contributed by atoms with E-state index in [9.17, 15) is 14.4 Å². The summed E-state index contributed by atoms with van der Waals surface area (Å²) in [6.45, 7) is 3.28. The van der Waals surface area contributed by atoms with Crippen LogP contribution >= 0.6 is 0 Å². The Morgan fingerprint density at radius 2 is 2.06 bits per heavy atom. The van der Waals surface area contributed by atoms with Crippen LogP contribution in [0.1, 0.15) is 47.2 Å². The van der Waals surface area contributed by atoms with Crippen LogP contribution in [0, 0.1) is 0 Å². The molecule has 1 aliphatic heterocycles. The van der Waals surface area contributed by atoms with Gasteiger partial charge in [-0.1, -0.05) is 18.2 Å². The van der Waals surface area contributed by atoms with Gasteiger partial charge in [0.15, 0.2) is 0 Å². The summed E-state index contributed by atoms with van der Waals surface area (Å²) >= 11 is 0. The number of para-hydroxylation sites is 1. The minimum atomic E-state index is -0.388. The predicted molar refractivity (Wildman–Crippen MR) is 113 cm³/mol. The zero-order chi connectivity index (χ0) is 21.8. The van der Waals surface area contributed by atoms with Crippen molar-refractivity contribution >= 4 is 28.7 Å². The van der Waals surface area contributed by atoms with E-state index in [1.165, 1.54) is 0 Å². The van der Waals surface area contributed by atoms with Crippen molar-refractivity contribution in [3.05, 3.63) is 53.0 Å². The molecule has 0 spiro atoms. The fourth-order valence-corrected chi connectivity index (χ4v) is 3.75. The molecule has 1 aliphatic rings. The molecule has 0 radical (unpaired) electrons. The maximum atomic E-state index is 13.0. The van der Waals surface area contributed by atoms with Gasteiger partial charge in [0.1, 0.15) is 5.69 Å². The first kappa shape index (κ1) is 20.6. The van der Waals surface area contributed by atoms with E-state index in [0.29, 0.717) is 37.5 Å². The number of amides is 2. The summed E-state index contributed by atoms with van der Waals surface area (Å²) in [5.74, 6) is -0.694. The van der Waals surface area contributed by atoms with Crippen LogP contribution in [0.4, 0.5) is 0 Å². The lowest BCUT2D eigenvalue weighted by molar-refractivity contribution is -0.144. The number of aromatic nitrogens is 3.